The summed E-state index contributed by atoms with van der Waals surface area (Å²) >= 11 is 12.1. The summed E-state index contributed by atoms with van der Waals surface area (Å²) < 4.78 is 27.6. The van der Waals surface area contributed by atoms with E-state index >= 15 is 0 Å². The molecule has 0 fully saturated rings. The topological polar surface area (TPSA) is 12.0 Å². The molecule has 2 aromatic rings. The SMILES string of the molecule is CCNC(c1cc(C)c(F)cc1F)c1ccc(Cl)cc1Cl. The number of halogens is 4. The third kappa shape index (κ3) is 3.54. The van der Waals surface area contributed by atoms with Crippen molar-refractivity contribution in [3.05, 3.63) is 68.7 Å². The molecule has 0 amide bonds. The van der Waals surface area contributed by atoms with E-state index in [-0.39, 0.29) is 0 Å². The molecule has 0 saturated carbocycles. The largest absolute Gasteiger partial charge is 0.306 e. The van der Waals surface area contributed by atoms with E-state index in [1.165, 1.54) is 6.07 Å². The van der Waals surface area contributed by atoms with Crippen molar-refractivity contribution in [2.24, 2.45) is 0 Å². The van der Waals surface area contributed by atoms with Gasteiger partial charge in [0.2, 0.25) is 0 Å². The summed E-state index contributed by atoms with van der Waals surface area (Å²) in [5.74, 6) is -1.16. The Kier molecular flexibility index (Phi) is 5.20. The highest BCUT2D eigenvalue weighted by Crippen LogP contribution is 2.32. The molecule has 112 valence electrons. The van der Waals surface area contributed by atoms with Gasteiger partial charge in [0.1, 0.15) is 11.6 Å². The number of hydrogen-bond donors (Lipinski definition) is 1. The molecule has 21 heavy (non-hydrogen) atoms. The van der Waals surface area contributed by atoms with Crippen LogP contribution in [-0.2, 0) is 0 Å². The van der Waals surface area contributed by atoms with Gasteiger partial charge in [0, 0.05) is 21.7 Å². The molecule has 0 aromatic heterocycles. The van der Waals surface area contributed by atoms with Crippen LogP contribution in [0.5, 0.6) is 0 Å². The minimum Gasteiger partial charge on any atom is -0.306 e. The fourth-order valence-corrected chi connectivity index (χ4v) is 2.75. The van der Waals surface area contributed by atoms with Crippen LogP contribution in [0, 0.1) is 18.6 Å². The van der Waals surface area contributed by atoms with Gasteiger partial charge in [0.15, 0.2) is 0 Å². The molecular formula is C16H15Cl2F2N. The van der Waals surface area contributed by atoms with Gasteiger partial charge in [-0.3, -0.25) is 0 Å². The van der Waals surface area contributed by atoms with Gasteiger partial charge >= 0.3 is 0 Å². The first-order chi connectivity index (χ1) is 9.93. The van der Waals surface area contributed by atoms with Crippen LogP contribution in [0.25, 0.3) is 0 Å². The van der Waals surface area contributed by atoms with E-state index in [1.54, 1.807) is 25.1 Å². The lowest BCUT2D eigenvalue weighted by atomic mass is 9.96. The highest BCUT2D eigenvalue weighted by atomic mass is 35.5. The van der Waals surface area contributed by atoms with Gasteiger partial charge < -0.3 is 5.32 Å². The molecule has 1 atom stereocenters. The van der Waals surface area contributed by atoms with Crippen LogP contribution in [0.1, 0.15) is 29.7 Å². The number of benzene rings is 2. The van der Waals surface area contributed by atoms with Gasteiger partial charge in [-0.15, -0.1) is 0 Å². The summed E-state index contributed by atoms with van der Waals surface area (Å²) in [7, 11) is 0. The third-order valence-electron chi connectivity index (χ3n) is 3.27. The molecule has 0 aliphatic carbocycles. The highest BCUT2D eigenvalue weighted by Gasteiger charge is 2.21. The monoisotopic (exact) mass is 329 g/mol. The zero-order valence-corrected chi connectivity index (χ0v) is 13.2. The first-order valence-corrected chi connectivity index (χ1v) is 7.33. The van der Waals surface area contributed by atoms with Gasteiger partial charge in [0.25, 0.3) is 0 Å². The molecule has 1 nitrogen and oxygen atoms in total. The second-order valence-corrected chi connectivity index (χ2v) is 5.62. The predicted molar refractivity (Wildman–Crippen MR) is 83.1 cm³/mol. The molecule has 0 radical (unpaired) electrons. The second kappa shape index (κ2) is 6.73. The molecular weight excluding hydrogens is 315 g/mol. The smallest absolute Gasteiger partial charge is 0.131 e. The second-order valence-electron chi connectivity index (χ2n) is 4.78. The van der Waals surface area contributed by atoms with E-state index in [1.807, 2.05) is 6.92 Å². The zero-order valence-electron chi connectivity index (χ0n) is 11.7. The summed E-state index contributed by atoms with van der Waals surface area (Å²) in [5.41, 5.74) is 1.45. The van der Waals surface area contributed by atoms with E-state index in [0.29, 0.717) is 33.3 Å². The van der Waals surface area contributed by atoms with Crippen molar-refractivity contribution < 1.29 is 8.78 Å². The fourth-order valence-electron chi connectivity index (χ4n) is 2.23. The quantitative estimate of drug-likeness (QED) is 0.804. The van der Waals surface area contributed by atoms with Crippen LogP contribution >= 0.6 is 23.2 Å². The van der Waals surface area contributed by atoms with E-state index in [9.17, 15) is 8.78 Å². The maximum absolute atomic E-state index is 14.2. The van der Waals surface area contributed by atoms with Crippen molar-refractivity contribution in [2.45, 2.75) is 19.9 Å². The van der Waals surface area contributed by atoms with Crippen molar-refractivity contribution in [3.8, 4) is 0 Å². The maximum atomic E-state index is 14.2. The zero-order chi connectivity index (χ0) is 15.6. The molecule has 0 spiro atoms. The van der Waals surface area contributed by atoms with Gasteiger partial charge in [0.05, 0.1) is 6.04 Å². The van der Waals surface area contributed by atoms with Crippen molar-refractivity contribution >= 4 is 23.2 Å². The number of rotatable bonds is 4. The normalized spacial score (nSPS) is 12.5. The van der Waals surface area contributed by atoms with E-state index < -0.39 is 17.7 Å². The van der Waals surface area contributed by atoms with Crippen molar-refractivity contribution in [1.29, 1.82) is 0 Å². The van der Waals surface area contributed by atoms with E-state index in [4.69, 9.17) is 23.2 Å². The molecule has 2 aromatic carbocycles. The maximum Gasteiger partial charge on any atom is 0.131 e. The Balaban J connectivity index is 2.55. The number of aryl methyl sites for hydroxylation is 1. The molecule has 5 heteroatoms. The van der Waals surface area contributed by atoms with Gasteiger partial charge in [-0.2, -0.15) is 0 Å². The summed E-state index contributed by atoms with van der Waals surface area (Å²) in [5, 5.41) is 4.12. The number of hydrogen-bond acceptors (Lipinski definition) is 1. The third-order valence-corrected chi connectivity index (χ3v) is 3.83. The van der Waals surface area contributed by atoms with Crippen LogP contribution < -0.4 is 5.32 Å². The molecule has 1 N–H and O–H groups in total. The molecule has 1 unspecified atom stereocenters. The predicted octanol–water partition coefficient (Wildman–Crippen LogP) is 5.28. The average Bonchev–Trinajstić information content (AvgIpc) is 2.41. The summed E-state index contributed by atoms with van der Waals surface area (Å²) in [6.45, 7) is 4.12. The molecule has 0 aliphatic rings. The first-order valence-electron chi connectivity index (χ1n) is 6.58. The Hall–Kier alpha value is -1.16. The van der Waals surface area contributed by atoms with E-state index in [0.717, 1.165) is 6.07 Å². The summed E-state index contributed by atoms with van der Waals surface area (Å²) in [4.78, 5) is 0. The highest BCUT2D eigenvalue weighted by molar-refractivity contribution is 6.35. The summed E-state index contributed by atoms with van der Waals surface area (Å²) in [6.07, 6.45) is 0. The Bertz CT molecular complexity index is 659. The molecule has 0 bridgehead atoms. The lowest BCUT2D eigenvalue weighted by molar-refractivity contribution is 0.537. The van der Waals surface area contributed by atoms with Gasteiger partial charge in [-0.05, 0) is 42.8 Å². The van der Waals surface area contributed by atoms with Gasteiger partial charge in [-0.1, -0.05) is 36.2 Å². The average molecular weight is 330 g/mol. The Morgan fingerprint density at radius 1 is 1.05 bits per heavy atom. The van der Waals surface area contributed by atoms with Crippen LogP contribution in [0.2, 0.25) is 10.0 Å². The first kappa shape index (κ1) is 16.2. The fraction of sp³-hybridized carbons (Fsp3) is 0.250. The van der Waals surface area contributed by atoms with Crippen LogP contribution in [0.4, 0.5) is 8.78 Å². The Morgan fingerprint density at radius 3 is 2.38 bits per heavy atom. The van der Waals surface area contributed by atoms with Crippen LogP contribution in [0.15, 0.2) is 30.3 Å². The standard InChI is InChI=1S/C16H15Cl2F2N/c1-3-21-16(11-5-4-10(17)7-13(11)18)12-6-9(2)14(19)8-15(12)20/h4-8,16,21H,3H2,1-2H3. The van der Waals surface area contributed by atoms with E-state index in [2.05, 4.69) is 5.32 Å². The number of nitrogens with one attached hydrogen (secondary N) is 1. The van der Waals surface area contributed by atoms with Crippen LogP contribution in [-0.4, -0.2) is 6.54 Å². The minimum atomic E-state index is -0.602. The van der Waals surface area contributed by atoms with Crippen molar-refractivity contribution in [3.63, 3.8) is 0 Å². The van der Waals surface area contributed by atoms with Crippen molar-refractivity contribution in [2.75, 3.05) is 6.54 Å². The Morgan fingerprint density at radius 2 is 1.76 bits per heavy atom. The molecule has 0 saturated heterocycles. The lowest BCUT2D eigenvalue weighted by Gasteiger charge is -2.21. The molecule has 0 heterocycles. The lowest BCUT2D eigenvalue weighted by Crippen LogP contribution is -2.23. The van der Waals surface area contributed by atoms with Gasteiger partial charge in [-0.25, -0.2) is 8.78 Å². The molecule has 2 rings (SSSR count). The molecule has 0 aliphatic heterocycles. The Labute approximate surface area is 132 Å². The van der Waals surface area contributed by atoms with Crippen molar-refractivity contribution in [1.82, 2.24) is 5.32 Å². The summed E-state index contributed by atoms with van der Waals surface area (Å²) in [6, 6.07) is 7.00. The van der Waals surface area contributed by atoms with Crippen LogP contribution in [0.3, 0.4) is 0 Å². The minimum absolute atomic E-state index is 0.361.